The van der Waals surface area contributed by atoms with E-state index in [4.69, 9.17) is 8.83 Å². The van der Waals surface area contributed by atoms with Crippen molar-refractivity contribution in [2.45, 2.75) is 0 Å². The van der Waals surface area contributed by atoms with E-state index >= 15 is 0 Å². The molecule has 0 aliphatic rings. The van der Waals surface area contributed by atoms with Gasteiger partial charge in [0, 0.05) is 48.5 Å². The summed E-state index contributed by atoms with van der Waals surface area (Å²) in [5.41, 5.74) is 0.799. The van der Waals surface area contributed by atoms with Crippen molar-refractivity contribution in [2.24, 2.45) is 9.98 Å². The van der Waals surface area contributed by atoms with Crippen molar-refractivity contribution in [3.05, 3.63) is 83.5 Å². The maximum atomic E-state index is 13.4. The van der Waals surface area contributed by atoms with Gasteiger partial charge < -0.3 is 55.0 Å². The fourth-order valence-electron chi connectivity index (χ4n) is 5.09. The molecule has 0 unspecified atom stereocenters. The van der Waals surface area contributed by atoms with E-state index in [0.29, 0.717) is 11.1 Å². The molecule has 0 bridgehead atoms. The van der Waals surface area contributed by atoms with Crippen molar-refractivity contribution in [1.82, 2.24) is 5.32 Å². The van der Waals surface area contributed by atoms with E-state index in [1.54, 1.807) is 0 Å². The fourth-order valence-corrected chi connectivity index (χ4v) is 5.09. The van der Waals surface area contributed by atoms with E-state index in [9.17, 15) is 40.9 Å². The molecule has 1 radical (unpaired) electrons. The van der Waals surface area contributed by atoms with Gasteiger partial charge in [-0.1, -0.05) is 0 Å². The van der Waals surface area contributed by atoms with Crippen LogP contribution in [0.3, 0.4) is 0 Å². The Bertz CT molecular complexity index is 2100. The van der Waals surface area contributed by atoms with Gasteiger partial charge in [-0.05, 0) is 60.0 Å². The molecule has 0 aliphatic carbocycles. The Kier molecular flexibility index (Phi) is 9.71. The second-order valence-electron chi connectivity index (χ2n) is 10.5. The number of phenols is 6. The van der Waals surface area contributed by atoms with Crippen LogP contribution in [0.1, 0.15) is 0 Å². The molecule has 0 saturated heterocycles. The summed E-state index contributed by atoms with van der Waals surface area (Å²) < 4.78 is 11.5. The zero-order valence-corrected chi connectivity index (χ0v) is 25.7. The van der Waals surface area contributed by atoms with Crippen LogP contribution in [0.2, 0.25) is 0 Å². The molecule has 4 aromatic carbocycles. The number of fused-ring (bicyclic) bond motifs is 2. The van der Waals surface area contributed by atoms with Crippen LogP contribution in [0.25, 0.3) is 44.6 Å². The zero-order chi connectivity index (χ0) is 33.2. The molecule has 0 fully saturated rings. The quantitative estimate of drug-likeness (QED) is 0.0901. The van der Waals surface area contributed by atoms with Crippen molar-refractivity contribution in [2.75, 3.05) is 26.2 Å². The van der Waals surface area contributed by atoms with Gasteiger partial charge in [-0.2, -0.15) is 0 Å². The minimum absolute atomic E-state index is 0. The summed E-state index contributed by atoms with van der Waals surface area (Å²) in [6, 6.07) is 16.2. The van der Waals surface area contributed by atoms with Crippen molar-refractivity contribution >= 4 is 21.9 Å². The summed E-state index contributed by atoms with van der Waals surface area (Å²) in [4.78, 5) is 8.83. The number of hydrogen-bond donors (Lipinski definition) is 7. The van der Waals surface area contributed by atoms with E-state index in [1.165, 1.54) is 60.7 Å². The molecular formula is C34H27CuN3O10. The monoisotopic (exact) mass is 700 g/mol. The molecular weight excluding hydrogens is 674 g/mol. The van der Waals surface area contributed by atoms with Gasteiger partial charge in [-0.25, -0.2) is 0 Å². The number of nitrogens with one attached hydrogen (secondary N) is 1. The molecule has 0 amide bonds. The Labute approximate surface area is 281 Å². The van der Waals surface area contributed by atoms with Crippen LogP contribution in [0, 0.1) is 0 Å². The third-order valence-electron chi connectivity index (χ3n) is 7.25. The van der Waals surface area contributed by atoms with E-state index in [-0.39, 0.29) is 122 Å². The Morgan fingerprint density at radius 1 is 0.542 bits per heavy atom. The summed E-state index contributed by atoms with van der Waals surface area (Å²) >= 11 is 0. The van der Waals surface area contributed by atoms with Crippen molar-refractivity contribution < 1.29 is 66.8 Å². The third-order valence-corrected chi connectivity index (χ3v) is 7.25. The summed E-state index contributed by atoms with van der Waals surface area (Å²) in [6.45, 7) is 0.717. The molecule has 2 heterocycles. The SMILES string of the molecule is [Cu+2].[O-]c1c(-c2ccc(O)cc2)oc2cc(O)cc(O)c2c1=NCCNCCN=c1c([O-])c(-c2ccc(O)cc2)oc2cc(O)cc(O)c12. The smallest absolute Gasteiger partial charge is 0.868 e. The predicted molar refractivity (Wildman–Crippen MR) is 166 cm³/mol. The third kappa shape index (κ3) is 6.67. The average molecular weight is 701 g/mol. The second-order valence-corrected chi connectivity index (χ2v) is 10.5. The van der Waals surface area contributed by atoms with Crippen molar-refractivity contribution in [3.8, 4) is 68.6 Å². The van der Waals surface area contributed by atoms with E-state index < -0.39 is 11.5 Å². The number of hydrogen-bond acceptors (Lipinski definition) is 13. The maximum Gasteiger partial charge on any atom is 2.00 e. The van der Waals surface area contributed by atoms with Crippen LogP contribution < -0.4 is 26.2 Å². The van der Waals surface area contributed by atoms with E-state index in [2.05, 4.69) is 15.3 Å². The standard InChI is InChI=1S/C34H29N3O10.Cu/c38-19-5-1-17(2-6-19)33-31(44)29(27-23(42)13-21(40)15-25(27)46-33)36-11-9-35-10-12-37-30-28-24(43)14-22(41)16-26(28)47-34(32(30)45)18-3-7-20(39)8-4-18;/h1-8,13-16,35,38-45H,9-12H2;/q;+2/p-2. The van der Waals surface area contributed by atoms with Crippen LogP contribution in [-0.4, -0.2) is 56.8 Å². The van der Waals surface area contributed by atoms with E-state index in [1.807, 2.05) is 0 Å². The topological polar surface area (TPSA) is 231 Å². The molecule has 14 heteroatoms. The van der Waals surface area contributed by atoms with Gasteiger partial charge in [-0.3, -0.25) is 9.98 Å². The van der Waals surface area contributed by atoms with Crippen LogP contribution >= 0.6 is 0 Å². The molecule has 6 rings (SSSR count). The van der Waals surface area contributed by atoms with Gasteiger partial charge in [0.2, 0.25) is 0 Å². The Hall–Kier alpha value is -5.82. The van der Waals surface area contributed by atoms with Gasteiger partial charge >= 0.3 is 17.1 Å². The van der Waals surface area contributed by atoms with Gasteiger partial charge in [0.15, 0.2) is 0 Å². The van der Waals surface area contributed by atoms with Crippen molar-refractivity contribution in [1.29, 1.82) is 0 Å². The summed E-state index contributed by atoms with van der Waals surface area (Å²) in [7, 11) is 0. The first-order valence-corrected chi connectivity index (χ1v) is 14.3. The molecule has 0 spiro atoms. The Morgan fingerprint density at radius 2 is 0.917 bits per heavy atom. The van der Waals surface area contributed by atoms with E-state index in [0.717, 1.165) is 12.1 Å². The molecule has 0 aliphatic heterocycles. The van der Waals surface area contributed by atoms with Crippen LogP contribution in [-0.2, 0) is 17.1 Å². The first kappa shape index (κ1) is 33.5. The second kappa shape index (κ2) is 13.9. The summed E-state index contributed by atoms with van der Waals surface area (Å²) in [6.07, 6.45) is 0. The van der Waals surface area contributed by atoms with Crippen LogP contribution in [0.4, 0.5) is 0 Å². The first-order valence-electron chi connectivity index (χ1n) is 14.3. The predicted octanol–water partition coefficient (Wildman–Crippen LogP) is 2.98. The van der Waals surface area contributed by atoms with Gasteiger partial charge in [0.25, 0.3) is 0 Å². The Balaban J connectivity index is 0.00000451. The Morgan fingerprint density at radius 3 is 1.29 bits per heavy atom. The molecule has 0 saturated carbocycles. The normalized spacial score (nSPS) is 12.1. The molecule has 2 aromatic heterocycles. The number of nitrogens with zero attached hydrogens (tertiary/aromatic N) is 2. The van der Waals surface area contributed by atoms with Crippen LogP contribution in [0.5, 0.6) is 46.0 Å². The maximum absolute atomic E-state index is 13.4. The molecule has 0 atom stereocenters. The molecule has 7 N–H and O–H groups in total. The minimum atomic E-state index is -0.598. The first-order chi connectivity index (χ1) is 22.6. The van der Waals surface area contributed by atoms with Gasteiger partial charge in [0.1, 0.15) is 57.2 Å². The molecule has 249 valence electrons. The number of benzene rings is 4. The number of rotatable bonds is 8. The molecule has 13 nitrogen and oxygen atoms in total. The largest absolute Gasteiger partial charge is 2.00 e. The minimum Gasteiger partial charge on any atom is -0.868 e. The average Bonchev–Trinajstić information content (AvgIpc) is 3.03. The summed E-state index contributed by atoms with van der Waals surface area (Å²) in [5.74, 6) is -2.70. The van der Waals surface area contributed by atoms with Gasteiger partial charge in [-0.15, -0.1) is 0 Å². The van der Waals surface area contributed by atoms with Crippen LogP contribution in [0.15, 0.2) is 91.6 Å². The number of aromatic hydroxyl groups is 6. The molecule has 48 heavy (non-hydrogen) atoms. The van der Waals surface area contributed by atoms with Crippen molar-refractivity contribution in [3.63, 3.8) is 0 Å². The number of phenolic OH excluding ortho intramolecular Hbond substituents is 6. The fraction of sp³-hybridized carbons (Fsp3) is 0.118. The zero-order valence-electron chi connectivity index (χ0n) is 24.8. The molecule has 6 aromatic rings. The summed E-state index contributed by atoms with van der Waals surface area (Å²) in [5, 5.41) is 90.2. The van der Waals surface area contributed by atoms with Gasteiger partial charge in [0.05, 0.1) is 34.6 Å².